The maximum absolute atomic E-state index is 14.4. The molecule has 4 aliphatic rings. The number of anilines is 2. The molecule has 19 heteroatoms. The fourth-order valence-electron chi connectivity index (χ4n) is 7.92. The van der Waals surface area contributed by atoms with Crippen LogP contribution in [-0.4, -0.2) is 87.0 Å². The van der Waals surface area contributed by atoms with Crippen molar-refractivity contribution in [3.8, 4) is 17.2 Å². The van der Waals surface area contributed by atoms with Gasteiger partial charge in [0.05, 0.1) is 47.0 Å². The summed E-state index contributed by atoms with van der Waals surface area (Å²) in [6.45, 7) is 0. The molecule has 0 radical (unpaired) electrons. The van der Waals surface area contributed by atoms with E-state index in [-0.39, 0.29) is 52.5 Å². The van der Waals surface area contributed by atoms with Gasteiger partial charge in [0.2, 0.25) is 17.6 Å². The Hall–Kier alpha value is -4.48. The van der Waals surface area contributed by atoms with Gasteiger partial charge in [-0.1, -0.05) is 27.6 Å². The molecule has 0 unspecified atom stereocenters. The molecule has 2 saturated heterocycles. The average Bonchev–Trinajstić information content (AvgIpc) is 3.41. The fraction of sp³-hybridized carbons (Fsp3) is 0.419. The monoisotopic (exact) mass is 795 g/mol. The third-order valence-corrected chi connectivity index (χ3v) is 11.9. The van der Waals surface area contributed by atoms with E-state index in [1.54, 1.807) is 6.08 Å². The van der Waals surface area contributed by atoms with Crippen molar-refractivity contribution in [2.24, 2.45) is 17.8 Å². The second-order valence-electron chi connectivity index (χ2n) is 12.5. The first-order chi connectivity index (χ1) is 23.5. The van der Waals surface area contributed by atoms with Gasteiger partial charge < -0.3 is 19.5 Å². The average molecular weight is 797 g/mol. The van der Waals surface area contributed by atoms with Crippen LogP contribution in [0, 0.1) is 38.0 Å². The molecule has 1 N–H and O–H groups in total. The van der Waals surface area contributed by atoms with Gasteiger partial charge in [0.1, 0.15) is 0 Å². The predicted octanol–water partition coefficient (Wildman–Crippen LogP) is 4.21. The van der Waals surface area contributed by atoms with E-state index in [1.807, 2.05) is 0 Å². The highest BCUT2D eigenvalue weighted by molar-refractivity contribution is 9.09. The molecule has 3 fully saturated rings. The topological polar surface area (TPSA) is 203 Å². The Morgan fingerprint density at radius 1 is 0.960 bits per heavy atom. The highest BCUT2D eigenvalue weighted by Gasteiger charge is 2.76. The Kier molecular flexibility index (Phi) is 8.55. The van der Waals surface area contributed by atoms with Crippen LogP contribution in [0.1, 0.15) is 24.3 Å². The van der Waals surface area contributed by atoms with Gasteiger partial charge in [-0.2, -0.15) is 0 Å². The normalized spacial score (nSPS) is 28.6. The second kappa shape index (κ2) is 12.1. The highest BCUT2D eigenvalue weighted by atomic mass is 79.9. The Balaban J connectivity index is 1.54. The zero-order valence-corrected chi connectivity index (χ0v) is 29.8. The number of carbonyl (C=O) groups excluding carboxylic acids is 4. The summed E-state index contributed by atoms with van der Waals surface area (Å²) in [6.07, 6.45) is 1.26. The molecule has 2 aromatic carbocycles. The van der Waals surface area contributed by atoms with Crippen LogP contribution in [0.15, 0.2) is 35.9 Å². The standard InChI is InChI=1S/C31H28BrCl2N5O11/c1-35(2)24-18(38(45)46)9-14(10-19(24)39(47)48)37-26(41)16-6-5-15-17(22(16)27(37)42)11-30(33)28(43)36(12-32)29(44)31(30,34)23(15)13-7-20(49-3)25(40)21(8-13)50-4/h5,7-10,16-17,22-23,40H,6,11-12H2,1-4H3/t16-,17+,22-,23-,30+,31-/m0/s1. The van der Waals surface area contributed by atoms with E-state index >= 15 is 0 Å². The molecule has 50 heavy (non-hydrogen) atoms. The van der Waals surface area contributed by atoms with E-state index in [2.05, 4.69) is 15.9 Å². The number of carbonyl (C=O) groups is 4. The molecule has 6 atom stereocenters. The molecule has 0 spiro atoms. The van der Waals surface area contributed by atoms with Gasteiger partial charge in [-0.25, -0.2) is 4.90 Å². The number of nitro benzene ring substituents is 2. The number of allylic oxidation sites excluding steroid dienone is 2. The van der Waals surface area contributed by atoms with Gasteiger partial charge in [0, 0.05) is 32.1 Å². The summed E-state index contributed by atoms with van der Waals surface area (Å²) < 4.78 is 10.7. The number of methoxy groups -OCH3 is 2. The molecular formula is C31H28BrCl2N5O11. The Labute approximate surface area is 301 Å². The summed E-state index contributed by atoms with van der Waals surface area (Å²) >= 11 is 17.7. The number of benzene rings is 2. The molecule has 0 aromatic heterocycles. The van der Waals surface area contributed by atoms with Crippen molar-refractivity contribution in [1.82, 2.24) is 4.90 Å². The summed E-state index contributed by atoms with van der Waals surface area (Å²) in [6, 6.07) is 4.68. The van der Waals surface area contributed by atoms with E-state index in [4.69, 9.17) is 32.7 Å². The fourth-order valence-corrected chi connectivity index (χ4v) is 9.34. The van der Waals surface area contributed by atoms with Crippen LogP contribution in [0.2, 0.25) is 0 Å². The molecule has 2 aromatic rings. The summed E-state index contributed by atoms with van der Waals surface area (Å²) in [5.41, 5.74) is -1.68. The van der Waals surface area contributed by atoms with Gasteiger partial charge in [-0.15, -0.1) is 23.2 Å². The number of hydrogen-bond donors (Lipinski definition) is 1. The minimum Gasteiger partial charge on any atom is -0.502 e. The minimum absolute atomic E-state index is 0.0482. The number of fused-ring (bicyclic) bond motifs is 4. The number of amides is 4. The number of nitro groups is 2. The van der Waals surface area contributed by atoms with Crippen molar-refractivity contribution < 1.29 is 43.6 Å². The number of ether oxygens (including phenoxy) is 2. The molecular weight excluding hydrogens is 769 g/mol. The van der Waals surface area contributed by atoms with E-state index in [1.165, 1.54) is 45.3 Å². The van der Waals surface area contributed by atoms with Crippen LogP contribution in [0.5, 0.6) is 17.2 Å². The molecule has 264 valence electrons. The van der Waals surface area contributed by atoms with Crippen molar-refractivity contribution >= 4 is 85.5 Å². The number of hydrogen-bond acceptors (Lipinski definition) is 12. The summed E-state index contributed by atoms with van der Waals surface area (Å²) in [4.78, 5) is 77.3. The zero-order valence-electron chi connectivity index (χ0n) is 26.7. The number of nitrogens with zero attached hydrogens (tertiary/aromatic N) is 5. The number of imide groups is 2. The zero-order chi connectivity index (χ0) is 36.8. The molecule has 6 rings (SSSR count). The molecule has 2 aliphatic carbocycles. The van der Waals surface area contributed by atoms with Crippen LogP contribution >= 0.6 is 39.1 Å². The SMILES string of the molecule is COc1cc([C@H]2C3=CC[C@@H]4C(=O)N(c5cc([N+](=O)[O-])c(N(C)C)c([N+](=O)[O-])c5)C(=O)[C@@H]4[C@@H]3C[C@@]3(Cl)C(=O)N(CBr)C(=O)[C@@]23Cl)cc(OC)c1O. The quantitative estimate of drug-likeness (QED) is 0.0998. The van der Waals surface area contributed by atoms with E-state index < -0.39 is 78.3 Å². The van der Waals surface area contributed by atoms with Gasteiger partial charge >= 0.3 is 11.4 Å². The van der Waals surface area contributed by atoms with Gasteiger partial charge in [0.15, 0.2) is 26.9 Å². The lowest BCUT2D eigenvalue weighted by molar-refractivity contribution is -0.392. The number of phenols is 1. The van der Waals surface area contributed by atoms with E-state index in [9.17, 15) is 44.5 Å². The highest BCUT2D eigenvalue weighted by Crippen LogP contribution is 2.66. The molecule has 2 aliphatic heterocycles. The van der Waals surface area contributed by atoms with Gasteiger partial charge in [-0.3, -0.25) is 44.3 Å². The smallest absolute Gasteiger partial charge is 0.301 e. The maximum Gasteiger partial charge on any atom is 0.301 e. The predicted molar refractivity (Wildman–Crippen MR) is 181 cm³/mol. The number of likely N-dealkylation sites (tertiary alicyclic amines) is 1. The number of aromatic hydroxyl groups is 1. The molecule has 16 nitrogen and oxygen atoms in total. The third kappa shape index (κ3) is 4.62. The van der Waals surface area contributed by atoms with Crippen molar-refractivity contribution in [1.29, 1.82) is 0 Å². The maximum atomic E-state index is 14.4. The van der Waals surface area contributed by atoms with Crippen molar-refractivity contribution in [3.63, 3.8) is 0 Å². The Bertz CT molecular complexity index is 1900. The lowest BCUT2D eigenvalue weighted by atomic mass is 9.56. The second-order valence-corrected chi connectivity index (χ2v) is 14.3. The van der Waals surface area contributed by atoms with Crippen LogP contribution in [0.4, 0.5) is 22.7 Å². The van der Waals surface area contributed by atoms with Crippen molar-refractivity contribution in [3.05, 3.63) is 61.7 Å². The van der Waals surface area contributed by atoms with Crippen molar-refractivity contribution in [2.45, 2.75) is 28.5 Å². The first-order valence-electron chi connectivity index (χ1n) is 15.0. The van der Waals surface area contributed by atoms with Gasteiger partial charge in [-0.05, 0) is 36.5 Å². The number of alkyl halides is 3. The number of phenolic OH excluding ortho intramolecular Hbond substituents is 1. The molecule has 2 heterocycles. The third-order valence-electron chi connectivity index (χ3n) is 10.0. The van der Waals surface area contributed by atoms with Crippen LogP contribution in [0.25, 0.3) is 0 Å². The number of rotatable bonds is 8. The Morgan fingerprint density at radius 3 is 2.00 bits per heavy atom. The summed E-state index contributed by atoms with van der Waals surface area (Å²) in [5, 5.41) is 34.8. The lowest BCUT2D eigenvalue weighted by Gasteiger charge is -2.50. The summed E-state index contributed by atoms with van der Waals surface area (Å²) in [5.74, 6) is -8.13. The first kappa shape index (κ1) is 35.3. The molecule has 4 amide bonds. The minimum atomic E-state index is -2.16. The van der Waals surface area contributed by atoms with E-state index in [0.29, 0.717) is 10.5 Å². The molecule has 1 saturated carbocycles. The Morgan fingerprint density at radius 2 is 1.52 bits per heavy atom. The number of halogens is 3. The van der Waals surface area contributed by atoms with Crippen LogP contribution in [-0.2, 0) is 19.2 Å². The van der Waals surface area contributed by atoms with Crippen molar-refractivity contribution in [2.75, 3.05) is 43.6 Å². The largest absolute Gasteiger partial charge is 0.502 e. The van der Waals surface area contributed by atoms with E-state index in [0.717, 1.165) is 17.0 Å². The summed E-state index contributed by atoms with van der Waals surface area (Å²) in [7, 11) is 5.35. The van der Waals surface area contributed by atoms with Gasteiger partial charge in [0.25, 0.3) is 11.8 Å². The lowest BCUT2D eigenvalue weighted by Crippen LogP contribution is -2.60. The first-order valence-corrected chi connectivity index (χ1v) is 16.8. The van der Waals surface area contributed by atoms with Crippen LogP contribution in [0.3, 0.4) is 0 Å². The van der Waals surface area contributed by atoms with Crippen LogP contribution < -0.4 is 19.3 Å². The molecule has 0 bridgehead atoms.